The molecule has 1 amide bonds. The van der Waals surface area contributed by atoms with E-state index in [0.29, 0.717) is 0 Å². The number of rotatable bonds is 7. The molecule has 5 N–H and O–H groups in total. The number of aryl methyl sites for hydroxylation is 2. The van der Waals surface area contributed by atoms with Gasteiger partial charge in [-0.2, -0.15) is 4.98 Å². The van der Waals surface area contributed by atoms with Crippen LogP contribution in [0.15, 0.2) is 24.4 Å². The van der Waals surface area contributed by atoms with Gasteiger partial charge in [-0.3, -0.25) is 9.80 Å². The normalized spacial score (nSPS) is 11.9. The van der Waals surface area contributed by atoms with Crippen molar-refractivity contribution < 1.29 is 9.59 Å². The molecule has 2 rings (SSSR count). The minimum Gasteiger partial charge on any atom is -0.365 e. The molecule has 2 aromatic rings. The summed E-state index contributed by atoms with van der Waals surface area (Å²) >= 11 is 0. The molecule has 0 bridgehead atoms. The molecular weight excluding hydrogens is 332 g/mol. The maximum atomic E-state index is 11.7. The predicted octanol–water partition coefficient (Wildman–Crippen LogP) is 1.84. The van der Waals surface area contributed by atoms with E-state index in [2.05, 4.69) is 15.3 Å². The van der Waals surface area contributed by atoms with Crippen LogP contribution in [0.5, 0.6) is 0 Å². The second-order valence-electron chi connectivity index (χ2n) is 6.58. The number of aldehydes is 1. The highest BCUT2D eigenvalue weighted by Crippen LogP contribution is 2.23. The number of anilines is 3. The van der Waals surface area contributed by atoms with Gasteiger partial charge in [-0.05, 0) is 43.0 Å². The molecule has 1 aromatic carbocycles. The second kappa shape index (κ2) is 7.92. The van der Waals surface area contributed by atoms with Crippen LogP contribution in [0.3, 0.4) is 0 Å². The van der Waals surface area contributed by atoms with E-state index in [0.717, 1.165) is 23.1 Å². The Balaban J connectivity index is 2.45. The van der Waals surface area contributed by atoms with Gasteiger partial charge in [0.25, 0.3) is 5.91 Å². The first-order valence-corrected chi connectivity index (χ1v) is 8.24. The number of nitrogens with zero attached hydrogens (tertiary/aromatic N) is 3. The van der Waals surface area contributed by atoms with Gasteiger partial charge in [-0.1, -0.05) is 19.9 Å². The van der Waals surface area contributed by atoms with E-state index in [1.54, 1.807) is 0 Å². The highest BCUT2D eigenvalue weighted by atomic mass is 16.1. The van der Waals surface area contributed by atoms with Crippen LogP contribution >= 0.6 is 0 Å². The zero-order valence-electron chi connectivity index (χ0n) is 15.4. The maximum absolute atomic E-state index is 11.7. The van der Waals surface area contributed by atoms with E-state index < -0.39 is 11.9 Å². The van der Waals surface area contributed by atoms with Crippen LogP contribution in [0.1, 0.15) is 35.3 Å². The molecule has 1 atom stereocenters. The number of hydrogen-bond acceptors (Lipinski definition) is 7. The summed E-state index contributed by atoms with van der Waals surface area (Å²) in [4.78, 5) is 31.4. The third kappa shape index (κ3) is 4.34. The van der Waals surface area contributed by atoms with Gasteiger partial charge in [0.1, 0.15) is 23.7 Å². The number of benzene rings is 1. The van der Waals surface area contributed by atoms with Crippen molar-refractivity contribution in [2.24, 2.45) is 17.5 Å². The van der Waals surface area contributed by atoms with Crippen molar-refractivity contribution in [1.29, 1.82) is 0 Å². The van der Waals surface area contributed by atoms with Crippen molar-refractivity contribution in [3.8, 4) is 0 Å². The highest BCUT2D eigenvalue weighted by molar-refractivity contribution is 5.98. The molecule has 0 spiro atoms. The van der Waals surface area contributed by atoms with Crippen LogP contribution in [0.4, 0.5) is 17.5 Å². The first kappa shape index (κ1) is 19.3. The fourth-order valence-electron chi connectivity index (χ4n) is 2.63. The van der Waals surface area contributed by atoms with Crippen LogP contribution < -0.4 is 21.9 Å². The van der Waals surface area contributed by atoms with Crippen molar-refractivity contribution in [2.45, 2.75) is 33.7 Å². The zero-order chi connectivity index (χ0) is 19.4. The molecule has 0 saturated carbocycles. The minimum atomic E-state index is -0.664. The number of nitrogens with one attached hydrogen (secondary N) is 1. The smallest absolute Gasteiger partial charge is 0.254 e. The van der Waals surface area contributed by atoms with Gasteiger partial charge in [0.2, 0.25) is 5.95 Å². The van der Waals surface area contributed by atoms with Gasteiger partial charge in [-0.15, -0.1) is 0 Å². The van der Waals surface area contributed by atoms with Crippen LogP contribution in [0.2, 0.25) is 0 Å². The molecule has 0 radical (unpaired) electrons. The fraction of sp³-hybridized carbons (Fsp3) is 0.333. The molecule has 0 unspecified atom stereocenters. The van der Waals surface area contributed by atoms with Gasteiger partial charge in [0, 0.05) is 11.9 Å². The second-order valence-corrected chi connectivity index (χ2v) is 6.58. The predicted molar refractivity (Wildman–Crippen MR) is 101 cm³/mol. The van der Waals surface area contributed by atoms with Crippen LogP contribution in [0.25, 0.3) is 0 Å². The molecule has 26 heavy (non-hydrogen) atoms. The lowest BCUT2D eigenvalue weighted by Gasteiger charge is -2.26. The van der Waals surface area contributed by atoms with E-state index in [4.69, 9.17) is 11.6 Å². The van der Waals surface area contributed by atoms with Crippen molar-refractivity contribution in [1.82, 2.24) is 9.97 Å². The molecule has 0 aliphatic heterocycles. The first-order valence-electron chi connectivity index (χ1n) is 8.24. The van der Waals surface area contributed by atoms with E-state index in [1.165, 1.54) is 11.2 Å². The van der Waals surface area contributed by atoms with E-state index in [1.807, 2.05) is 45.9 Å². The maximum Gasteiger partial charge on any atom is 0.254 e. The minimum absolute atomic E-state index is 0.0345. The summed E-state index contributed by atoms with van der Waals surface area (Å²) in [6.45, 7) is 7.67. The Kier molecular flexibility index (Phi) is 5.89. The van der Waals surface area contributed by atoms with Gasteiger partial charge in [-0.25, -0.2) is 10.8 Å². The highest BCUT2D eigenvalue weighted by Gasteiger charge is 2.23. The lowest BCUT2D eigenvalue weighted by atomic mass is 10.1. The lowest BCUT2D eigenvalue weighted by Crippen LogP contribution is -2.46. The van der Waals surface area contributed by atoms with E-state index in [9.17, 15) is 9.59 Å². The Hall–Kier alpha value is -3.00. The van der Waals surface area contributed by atoms with Crippen molar-refractivity contribution >= 4 is 29.6 Å². The summed E-state index contributed by atoms with van der Waals surface area (Å²) in [6, 6.07) is 5.28. The van der Waals surface area contributed by atoms with Crippen molar-refractivity contribution in [3.05, 3.63) is 41.1 Å². The van der Waals surface area contributed by atoms with Crippen molar-refractivity contribution in [2.75, 3.05) is 10.3 Å². The number of primary amides is 1. The number of nitrogens with two attached hydrogens (primary N) is 2. The molecule has 0 fully saturated rings. The van der Waals surface area contributed by atoms with Gasteiger partial charge < -0.3 is 15.8 Å². The monoisotopic (exact) mass is 356 g/mol. The SMILES string of the molecule is Cc1cc(C)cc(Nc2nc(N(N)[C@@H](C=O)C(C)C)ncc2C(N)=O)c1. The number of carbonyl (C=O) groups is 2. The molecule has 1 heterocycles. The first-order chi connectivity index (χ1) is 12.2. The molecule has 138 valence electrons. The molecule has 0 aliphatic rings. The Morgan fingerprint density at radius 1 is 1.23 bits per heavy atom. The lowest BCUT2D eigenvalue weighted by molar-refractivity contribution is -0.109. The number of amides is 1. The number of carbonyl (C=O) groups excluding carboxylic acids is 2. The summed E-state index contributed by atoms with van der Waals surface area (Å²) in [5.41, 5.74) is 8.44. The number of aromatic nitrogens is 2. The molecule has 8 heteroatoms. The zero-order valence-corrected chi connectivity index (χ0v) is 15.4. The Morgan fingerprint density at radius 3 is 2.35 bits per heavy atom. The molecule has 0 aliphatic carbocycles. The standard InChI is InChI=1S/C18H24N6O2/c1-10(2)15(9-25)24(20)18-21-8-14(16(19)26)17(23-18)22-13-6-11(3)5-12(4)7-13/h5-10,15H,20H2,1-4H3,(H2,19,26)(H,21,22,23)/t15-/m0/s1. The summed E-state index contributed by atoms with van der Waals surface area (Å²) < 4.78 is 0. The van der Waals surface area contributed by atoms with Gasteiger partial charge in [0.15, 0.2) is 0 Å². The summed E-state index contributed by atoms with van der Waals surface area (Å²) in [5.74, 6) is 5.67. The van der Waals surface area contributed by atoms with Crippen molar-refractivity contribution in [3.63, 3.8) is 0 Å². The Bertz CT molecular complexity index is 801. The van der Waals surface area contributed by atoms with Crippen LogP contribution in [0, 0.1) is 19.8 Å². The Labute approximate surface area is 152 Å². The Morgan fingerprint density at radius 2 is 1.85 bits per heavy atom. The molecule has 8 nitrogen and oxygen atoms in total. The van der Waals surface area contributed by atoms with Gasteiger partial charge in [0.05, 0.1) is 0 Å². The average Bonchev–Trinajstić information content (AvgIpc) is 2.53. The molecule has 1 aromatic heterocycles. The quantitative estimate of drug-likeness (QED) is 0.392. The van der Waals surface area contributed by atoms with Crippen LogP contribution in [-0.4, -0.2) is 28.2 Å². The summed E-state index contributed by atoms with van der Waals surface area (Å²) in [6.07, 6.45) is 2.05. The van der Waals surface area contributed by atoms with E-state index >= 15 is 0 Å². The topological polar surface area (TPSA) is 127 Å². The third-order valence-electron chi connectivity index (χ3n) is 3.90. The average molecular weight is 356 g/mol. The van der Waals surface area contributed by atoms with Gasteiger partial charge >= 0.3 is 0 Å². The van der Waals surface area contributed by atoms with Crippen LogP contribution in [-0.2, 0) is 4.79 Å². The van der Waals surface area contributed by atoms with E-state index in [-0.39, 0.29) is 23.2 Å². The fourth-order valence-corrected chi connectivity index (χ4v) is 2.63. The largest absolute Gasteiger partial charge is 0.365 e. The molecule has 0 saturated heterocycles. The number of hydrogen-bond donors (Lipinski definition) is 3. The molecular formula is C18H24N6O2. The third-order valence-corrected chi connectivity index (χ3v) is 3.90. The number of hydrazine groups is 1. The summed E-state index contributed by atoms with van der Waals surface area (Å²) in [7, 11) is 0. The summed E-state index contributed by atoms with van der Waals surface area (Å²) in [5, 5.41) is 4.28.